The van der Waals surface area contributed by atoms with Crippen molar-refractivity contribution >= 4 is 28.9 Å². The van der Waals surface area contributed by atoms with Crippen molar-refractivity contribution in [2.75, 3.05) is 52.3 Å². The Balaban J connectivity index is 1.49. The van der Waals surface area contributed by atoms with Crippen LogP contribution in [0.3, 0.4) is 0 Å². The fourth-order valence-corrected chi connectivity index (χ4v) is 3.76. The quantitative estimate of drug-likeness (QED) is 0.745. The summed E-state index contributed by atoms with van der Waals surface area (Å²) in [5, 5.41) is 6.06. The van der Waals surface area contributed by atoms with Gasteiger partial charge in [0.1, 0.15) is 0 Å². The van der Waals surface area contributed by atoms with Crippen molar-refractivity contribution in [2.24, 2.45) is 7.05 Å². The van der Waals surface area contributed by atoms with Gasteiger partial charge in [0.05, 0.1) is 23.2 Å². The second-order valence-corrected chi connectivity index (χ2v) is 7.22. The second-order valence-electron chi connectivity index (χ2n) is 7.22. The lowest BCUT2D eigenvalue weighted by atomic mass is 9.89. The van der Waals surface area contributed by atoms with Gasteiger partial charge in [0, 0.05) is 52.9 Å². The van der Waals surface area contributed by atoms with Gasteiger partial charge >= 0.3 is 6.03 Å². The third-order valence-corrected chi connectivity index (χ3v) is 5.56. The largest absolute Gasteiger partial charge is 0.383 e. The van der Waals surface area contributed by atoms with Crippen LogP contribution in [0.1, 0.15) is 10.4 Å². The van der Waals surface area contributed by atoms with Crippen LogP contribution in [0.2, 0.25) is 0 Å². The molecule has 0 bridgehead atoms. The van der Waals surface area contributed by atoms with Crippen LogP contribution in [0.5, 0.6) is 0 Å². The molecule has 1 aromatic carbocycles. The first kappa shape index (κ1) is 17.6. The zero-order chi connectivity index (χ0) is 19.2. The number of amides is 3. The van der Waals surface area contributed by atoms with E-state index in [1.165, 1.54) is 0 Å². The van der Waals surface area contributed by atoms with E-state index in [2.05, 4.69) is 15.6 Å². The van der Waals surface area contributed by atoms with Gasteiger partial charge in [-0.25, -0.2) is 9.78 Å². The lowest BCUT2D eigenvalue weighted by Gasteiger charge is -2.50. The number of likely N-dealkylation sites (N-methyl/N-ethyl adjacent to an activating group) is 1. The molecule has 2 aliphatic rings. The number of ether oxygens (including phenoxy) is 1. The minimum Gasteiger partial charge on any atom is -0.383 e. The highest BCUT2D eigenvalue weighted by Crippen LogP contribution is 2.31. The molecule has 1 aromatic heterocycles. The first-order valence-corrected chi connectivity index (χ1v) is 8.95. The predicted molar refractivity (Wildman–Crippen MR) is 101 cm³/mol. The molecule has 2 fully saturated rings. The third kappa shape index (κ3) is 2.78. The Bertz CT molecular complexity index is 902. The van der Waals surface area contributed by atoms with E-state index >= 15 is 0 Å². The number of aryl methyl sites for hydroxylation is 1. The van der Waals surface area contributed by atoms with Crippen LogP contribution in [-0.4, -0.2) is 83.8 Å². The van der Waals surface area contributed by atoms with Gasteiger partial charge in [-0.1, -0.05) is 0 Å². The molecule has 2 aromatic rings. The van der Waals surface area contributed by atoms with E-state index in [0.29, 0.717) is 38.3 Å². The van der Waals surface area contributed by atoms with E-state index < -0.39 is 0 Å². The van der Waals surface area contributed by atoms with E-state index in [1.54, 1.807) is 24.0 Å². The van der Waals surface area contributed by atoms with Crippen molar-refractivity contribution in [3.63, 3.8) is 0 Å². The van der Waals surface area contributed by atoms with Gasteiger partial charge in [-0.05, 0) is 18.2 Å². The van der Waals surface area contributed by atoms with Crippen LogP contribution >= 0.6 is 0 Å². The van der Waals surface area contributed by atoms with Crippen molar-refractivity contribution in [2.45, 2.75) is 5.54 Å². The Labute approximate surface area is 157 Å². The fourth-order valence-electron chi connectivity index (χ4n) is 3.76. The molecule has 3 amide bonds. The number of carbonyl (C=O) groups is 2. The number of carbonyl (C=O) groups excluding carboxylic acids is 2. The molecule has 0 aliphatic carbocycles. The Morgan fingerprint density at radius 2 is 2.15 bits per heavy atom. The molecular weight excluding hydrogens is 348 g/mol. The van der Waals surface area contributed by atoms with Crippen LogP contribution < -0.4 is 10.6 Å². The summed E-state index contributed by atoms with van der Waals surface area (Å²) in [5.41, 5.74) is 2.07. The molecule has 1 spiro atoms. The number of urea groups is 1. The Kier molecular flexibility index (Phi) is 4.18. The minimum atomic E-state index is -0.264. The number of benzene rings is 1. The summed E-state index contributed by atoms with van der Waals surface area (Å²) in [7, 11) is 5.37. The monoisotopic (exact) mass is 372 g/mol. The summed E-state index contributed by atoms with van der Waals surface area (Å²) < 4.78 is 7.01. The molecule has 4 rings (SSSR count). The lowest BCUT2D eigenvalue weighted by molar-refractivity contribution is 0.00778. The summed E-state index contributed by atoms with van der Waals surface area (Å²) in [6.45, 7) is 2.93. The number of hydrogen-bond acceptors (Lipinski definition) is 5. The molecule has 2 N–H and O–H groups in total. The third-order valence-electron chi connectivity index (χ3n) is 5.56. The van der Waals surface area contributed by atoms with Crippen molar-refractivity contribution in [3.8, 4) is 0 Å². The van der Waals surface area contributed by atoms with E-state index in [-0.39, 0.29) is 17.5 Å². The maximum absolute atomic E-state index is 12.8. The number of likely N-dealkylation sites (tertiary alicyclic amines) is 1. The van der Waals surface area contributed by atoms with E-state index in [1.807, 2.05) is 29.8 Å². The zero-order valence-electron chi connectivity index (χ0n) is 15.8. The highest BCUT2D eigenvalue weighted by molar-refractivity contribution is 5.98. The molecule has 144 valence electrons. The van der Waals surface area contributed by atoms with Gasteiger partial charge < -0.3 is 29.7 Å². The number of imidazole rings is 1. The van der Waals surface area contributed by atoms with E-state index in [4.69, 9.17) is 4.74 Å². The van der Waals surface area contributed by atoms with E-state index in [0.717, 1.165) is 17.0 Å². The van der Waals surface area contributed by atoms with Crippen molar-refractivity contribution < 1.29 is 14.3 Å². The molecule has 0 atom stereocenters. The van der Waals surface area contributed by atoms with Crippen LogP contribution in [0.4, 0.5) is 10.7 Å². The molecule has 3 heterocycles. The number of nitrogens with one attached hydrogen (secondary N) is 2. The first-order chi connectivity index (χ1) is 12.9. The number of nitrogens with zero attached hydrogens (tertiary/aromatic N) is 4. The fraction of sp³-hybridized carbons (Fsp3) is 0.500. The van der Waals surface area contributed by atoms with Gasteiger partial charge in [-0.15, -0.1) is 0 Å². The summed E-state index contributed by atoms with van der Waals surface area (Å²) >= 11 is 0. The van der Waals surface area contributed by atoms with Crippen molar-refractivity contribution in [3.05, 3.63) is 23.8 Å². The maximum Gasteiger partial charge on any atom is 0.317 e. The van der Waals surface area contributed by atoms with Crippen LogP contribution in [0.25, 0.3) is 11.0 Å². The predicted octanol–water partition coefficient (Wildman–Crippen LogP) is 0.481. The molecule has 9 heteroatoms. The molecule has 0 unspecified atom stereocenters. The van der Waals surface area contributed by atoms with Crippen LogP contribution in [-0.2, 0) is 11.8 Å². The highest BCUT2D eigenvalue weighted by Gasteiger charge is 2.53. The number of aromatic nitrogens is 2. The van der Waals surface area contributed by atoms with Crippen LogP contribution in [0, 0.1) is 0 Å². The smallest absolute Gasteiger partial charge is 0.317 e. The van der Waals surface area contributed by atoms with Gasteiger partial charge in [0.25, 0.3) is 5.91 Å². The molecule has 2 saturated heterocycles. The number of hydrogen-bond donors (Lipinski definition) is 2. The molecule has 0 saturated carbocycles. The first-order valence-electron chi connectivity index (χ1n) is 8.95. The van der Waals surface area contributed by atoms with Gasteiger partial charge in [-0.3, -0.25) is 4.79 Å². The molecule has 0 radical (unpaired) electrons. The Morgan fingerprint density at radius 1 is 1.37 bits per heavy atom. The summed E-state index contributed by atoms with van der Waals surface area (Å²) in [6.07, 6.45) is 0. The van der Waals surface area contributed by atoms with E-state index in [9.17, 15) is 9.59 Å². The Hall–Kier alpha value is -2.81. The maximum atomic E-state index is 12.8. The molecular formula is C18H24N6O3. The summed E-state index contributed by atoms with van der Waals surface area (Å²) in [6, 6.07) is 5.49. The Morgan fingerprint density at radius 3 is 2.81 bits per heavy atom. The standard InChI is InChI=1S/C18H24N6O3/c1-22-14-5-4-12(8-13(14)21-16(22)19-6-7-27-3)15(25)24-10-18(11-24)9-20-17(26)23(18)2/h4-5,8H,6-7,9-11H2,1-3H3,(H,19,21)(H,20,26). The minimum absolute atomic E-state index is 0.0326. The summed E-state index contributed by atoms with van der Waals surface area (Å²) in [4.78, 5) is 32.6. The molecule has 2 aliphatic heterocycles. The average Bonchev–Trinajstić information content (AvgIpc) is 3.11. The molecule has 9 nitrogen and oxygen atoms in total. The SMILES string of the molecule is COCCNc1nc2cc(C(=O)N3CC4(CNC(=O)N4C)C3)ccc2n1C. The molecule has 27 heavy (non-hydrogen) atoms. The van der Waals surface area contributed by atoms with Gasteiger partial charge in [0.2, 0.25) is 5.95 Å². The average molecular weight is 372 g/mol. The van der Waals surface area contributed by atoms with Crippen LogP contribution in [0.15, 0.2) is 18.2 Å². The van der Waals surface area contributed by atoms with Crippen molar-refractivity contribution in [1.82, 2.24) is 24.7 Å². The number of anilines is 1. The number of rotatable bonds is 5. The van der Waals surface area contributed by atoms with Gasteiger partial charge in [0.15, 0.2) is 0 Å². The summed E-state index contributed by atoms with van der Waals surface area (Å²) in [5.74, 6) is 0.710. The second kappa shape index (κ2) is 6.41. The van der Waals surface area contributed by atoms with Gasteiger partial charge in [-0.2, -0.15) is 0 Å². The number of methoxy groups -OCH3 is 1. The number of fused-ring (bicyclic) bond motifs is 1. The normalized spacial score (nSPS) is 18.1. The lowest BCUT2D eigenvalue weighted by Crippen LogP contribution is -2.70. The zero-order valence-corrected chi connectivity index (χ0v) is 15.8. The van der Waals surface area contributed by atoms with Crippen molar-refractivity contribution in [1.29, 1.82) is 0 Å². The highest BCUT2D eigenvalue weighted by atomic mass is 16.5. The topological polar surface area (TPSA) is 91.7 Å².